The van der Waals surface area contributed by atoms with Gasteiger partial charge in [-0.15, -0.1) is 0 Å². The largest absolute Gasteiger partial charge is 0.477 e. The highest BCUT2D eigenvalue weighted by Gasteiger charge is 2.29. The van der Waals surface area contributed by atoms with E-state index in [0.717, 1.165) is 41.2 Å². The van der Waals surface area contributed by atoms with Crippen LogP contribution in [0.4, 0.5) is 5.95 Å². The molecule has 36 heavy (non-hydrogen) atoms. The van der Waals surface area contributed by atoms with E-state index in [0.29, 0.717) is 47.6 Å². The Morgan fingerprint density at radius 1 is 1.14 bits per heavy atom. The number of aryl methyl sites for hydroxylation is 1. The van der Waals surface area contributed by atoms with E-state index in [1.165, 1.54) is 0 Å². The highest BCUT2D eigenvalue weighted by atomic mass is 79.9. The van der Waals surface area contributed by atoms with Crippen LogP contribution in [0, 0.1) is 5.92 Å². The van der Waals surface area contributed by atoms with Crippen LogP contribution in [0.25, 0.3) is 22.2 Å². The summed E-state index contributed by atoms with van der Waals surface area (Å²) in [5.74, 6) is 1.05. The van der Waals surface area contributed by atoms with Crippen molar-refractivity contribution in [3.05, 3.63) is 57.0 Å². The standard InChI is InChI=1S/C26H27BrN6O3/c1-15-4-3-9-36-25-20(12-28-31(25)2)19-10-16(14-32(24(19)35)18-6-7-18)23(34)30-26-29-21-8-5-17(27)11-22(21)33(26)13-15/h5,8,10-12,14-15,18H,3-4,6-7,9,13H2,1-2H3,(H,29,30,34)/t15-/m1/s1. The number of nitrogens with one attached hydrogen (secondary N) is 1. The fourth-order valence-corrected chi connectivity index (χ4v) is 5.23. The van der Waals surface area contributed by atoms with Crippen LogP contribution in [0.2, 0.25) is 0 Å². The molecule has 1 aromatic carbocycles. The van der Waals surface area contributed by atoms with Crippen LogP contribution in [0.15, 0.2) is 45.9 Å². The number of amides is 1. The van der Waals surface area contributed by atoms with Crippen LogP contribution in [0.3, 0.4) is 0 Å². The SMILES string of the molecule is C[C@@H]1CCCOc2c(cnn2C)-c2cc(cn(C3CC3)c2=O)C(=O)Nc2nc3ccc(Br)cc3n2C1. The highest BCUT2D eigenvalue weighted by molar-refractivity contribution is 9.10. The Kier molecular flexibility index (Phi) is 5.70. The Morgan fingerprint density at radius 3 is 2.78 bits per heavy atom. The predicted octanol–water partition coefficient (Wildman–Crippen LogP) is 4.76. The molecule has 186 valence electrons. The maximum atomic E-state index is 13.6. The number of imidazole rings is 1. The third-order valence-corrected chi connectivity index (χ3v) is 7.42. The molecule has 4 aromatic rings. The second kappa shape index (κ2) is 8.92. The molecule has 10 heteroatoms. The number of fused-ring (bicyclic) bond motifs is 7. The molecule has 1 saturated carbocycles. The molecule has 2 bridgehead atoms. The number of halogens is 1. The van der Waals surface area contributed by atoms with Crippen molar-refractivity contribution in [1.29, 1.82) is 0 Å². The summed E-state index contributed by atoms with van der Waals surface area (Å²) in [6.07, 6.45) is 6.92. The van der Waals surface area contributed by atoms with E-state index in [4.69, 9.17) is 9.72 Å². The van der Waals surface area contributed by atoms with Crippen LogP contribution in [-0.2, 0) is 13.6 Å². The monoisotopic (exact) mass is 550 g/mol. The molecule has 0 unspecified atom stereocenters. The summed E-state index contributed by atoms with van der Waals surface area (Å²) in [7, 11) is 1.80. The van der Waals surface area contributed by atoms with E-state index in [1.54, 1.807) is 34.8 Å². The van der Waals surface area contributed by atoms with Gasteiger partial charge in [0, 0.05) is 30.3 Å². The predicted molar refractivity (Wildman–Crippen MR) is 140 cm³/mol. The summed E-state index contributed by atoms with van der Waals surface area (Å²) >= 11 is 3.56. The van der Waals surface area contributed by atoms with E-state index < -0.39 is 0 Å². The first-order valence-electron chi connectivity index (χ1n) is 12.3. The quantitative estimate of drug-likeness (QED) is 0.368. The molecule has 1 fully saturated rings. The summed E-state index contributed by atoms with van der Waals surface area (Å²) in [6.45, 7) is 3.40. The molecule has 1 aliphatic heterocycles. The Labute approximate surface area is 216 Å². The van der Waals surface area contributed by atoms with E-state index in [-0.39, 0.29) is 17.5 Å². The minimum absolute atomic E-state index is 0.106. The van der Waals surface area contributed by atoms with Crippen molar-refractivity contribution in [2.24, 2.45) is 13.0 Å². The first-order chi connectivity index (χ1) is 17.4. The first-order valence-corrected chi connectivity index (χ1v) is 13.1. The number of carbonyl (C=O) groups is 1. The normalized spacial score (nSPS) is 18.5. The molecule has 1 amide bonds. The van der Waals surface area contributed by atoms with Crippen molar-refractivity contribution in [2.45, 2.75) is 45.2 Å². The molecule has 4 heterocycles. The van der Waals surface area contributed by atoms with Crippen molar-refractivity contribution < 1.29 is 9.53 Å². The lowest BCUT2D eigenvalue weighted by Crippen LogP contribution is -2.25. The third-order valence-electron chi connectivity index (χ3n) is 6.93. The maximum absolute atomic E-state index is 13.6. The van der Waals surface area contributed by atoms with E-state index >= 15 is 0 Å². The van der Waals surface area contributed by atoms with Gasteiger partial charge in [-0.25, -0.2) is 9.67 Å². The van der Waals surface area contributed by atoms with E-state index in [2.05, 4.69) is 37.8 Å². The highest BCUT2D eigenvalue weighted by Crippen LogP contribution is 2.36. The van der Waals surface area contributed by atoms with Gasteiger partial charge in [0.25, 0.3) is 11.5 Å². The number of hydrogen-bond donors (Lipinski definition) is 1. The second-order valence-electron chi connectivity index (χ2n) is 9.80. The zero-order valence-corrected chi connectivity index (χ0v) is 21.8. The van der Waals surface area contributed by atoms with E-state index in [1.807, 2.05) is 18.2 Å². The molecular formula is C26H27BrN6O3. The van der Waals surface area contributed by atoms with Gasteiger partial charge in [0.1, 0.15) is 0 Å². The number of hydrogen-bond acceptors (Lipinski definition) is 5. The number of carbonyl (C=O) groups excluding carboxylic acids is 1. The Balaban J connectivity index is 1.51. The van der Waals surface area contributed by atoms with E-state index in [9.17, 15) is 9.59 Å². The smallest absolute Gasteiger partial charge is 0.259 e. The van der Waals surface area contributed by atoms with Gasteiger partial charge in [-0.2, -0.15) is 5.10 Å². The van der Waals surface area contributed by atoms with Crippen LogP contribution in [0.5, 0.6) is 5.88 Å². The lowest BCUT2D eigenvalue weighted by Gasteiger charge is -2.16. The zero-order chi connectivity index (χ0) is 25.0. The zero-order valence-electron chi connectivity index (χ0n) is 20.2. The molecule has 9 nitrogen and oxygen atoms in total. The number of anilines is 1. The molecule has 1 atom stereocenters. The number of pyridine rings is 1. The number of nitrogens with zero attached hydrogens (tertiary/aromatic N) is 5. The van der Waals surface area contributed by atoms with Gasteiger partial charge in [-0.05, 0) is 55.9 Å². The average Bonchev–Trinajstić information content (AvgIpc) is 3.56. The molecular weight excluding hydrogens is 524 g/mol. The Bertz CT molecular complexity index is 1550. The minimum Gasteiger partial charge on any atom is -0.477 e. The summed E-state index contributed by atoms with van der Waals surface area (Å²) in [5.41, 5.74) is 3.05. The van der Waals surface area contributed by atoms with Crippen molar-refractivity contribution in [3.8, 4) is 17.0 Å². The van der Waals surface area contributed by atoms with Crippen molar-refractivity contribution in [1.82, 2.24) is 23.9 Å². The molecule has 2 aliphatic rings. The average molecular weight is 551 g/mol. The van der Waals surface area contributed by atoms with Gasteiger partial charge in [0.2, 0.25) is 11.8 Å². The summed E-state index contributed by atoms with van der Waals surface area (Å²) in [4.78, 5) is 31.8. The van der Waals surface area contributed by atoms with Crippen molar-refractivity contribution >= 4 is 38.8 Å². The van der Waals surface area contributed by atoms with Crippen molar-refractivity contribution in [2.75, 3.05) is 11.9 Å². The van der Waals surface area contributed by atoms with Gasteiger partial charge >= 0.3 is 0 Å². The van der Waals surface area contributed by atoms with Gasteiger partial charge in [0.05, 0.1) is 40.5 Å². The second-order valence-corrected chi connectivity index (χ2v) is 10.7. The molecule has 0 radical (unpaired) electrons. The Hall–Kier alpha value is -3.40. The van der Waals surface area contributed by atoms with Crippen LogP contribution in [-0.4, -0.2) is 36.4 Å². The molecule has 6 rings (SSSR count). The topological polar surface area (TPSA) is 96.0 Å². The summed E-state index contributed by atoms with van der Waals surface area (Å²) in [5, 5.41) is 7.38. The fraction of sp³-hybridized carbons (Fsp3) is 0.385. The van der Waals surface area contributed by atoms with Gasteiger partial charge in [0.15, 0.2) is 0 Å². The van der Waals surface area contributed by atoms with Gasteiger partial charge < -0.3 is 13.9 Å². The fourth-order valence-electron chi connectivity index (χ4n) is 4.88. The summed E-state index contributed by atoms with van der Waals surface area (Å²) < 4.78 is 12.5. The Morgan fingerprint density at radius 2 is 1.97 bits per heavy atom. The minimum atomic E-state index is -0.310. The number of benzene rings is 1. The maximum Gasteiger partial charge on any atom is 0.259 e. The molecule has 0 spiro atoms. The van der Waals surface area contributed by atoms with Crippen LogP contribution < -0.4 is 15.6 Å². The van der Waals surface area contributed by atoms with Crippen LogP contribution >= 0.6 is 15.9 Å². The van der Waals surface area contributed by atoms with Gasteiger partial charge in [-0.3, -0.25) is 14.9 Å². The molecule has 1 N–H and O–H groups in total. The van der Waals surface area contributed by atoms with Gasteiger partial charge in [-0.1, -0.05) is 22.9 Å². The van der Waals surface area contributed by atoms with Crippen molar-refractivity contribution in [3.63, 3.8) is 0 Å². The van der Waals surface area contributed by atoms with Crippen LogP contribution in [0.1, 0.15) is 49.0 Å². The first kappa shape index (κ1) is 23.0. The molecule has 0 saturated heterocycles. The number of aromatic nitrogens is 5. The molecule has 1 aliphatic carbocycles. The number of ether oxygens (including phenoxy) is 1. The molecule has 3 aromatic heterocycles. The lowest BCUT2D eigenvalue weighted by atomic mass is 10.1. The number of rotatable bonds is 1. The summed E-state index contributed by atoms with van der Waals surface area (Å²) in [6, 6.07) is 7.66. The third kappa shape index (κ3) is 4.13. The lowest BCUT2D eigenvalue weighted by molar-refractivity contribution is 0.102.